The zero-order chi connectivity index (χ0) is 14.7. The molecule has 2 atom stereocenters. The van der Waals surface area contributed by atoms with Crippen molar-refractivity contribution in [1.29, 1.82) is 0 Å². The highest BCUT2D eigenvalue weighted by molar-refractivity contribution is 6.31. The van der Waals surface area contributed by atoms with E-state index < -0.39 is 5.91 Å². The lowest BCUT2D eigenvalue weighted by Crippen LogP contribution is -2.43. The smallest absolute Gasteiger partial charge is 0.248 e. The second kappa shape index (κ2) is 6.57. The summed E-state index contributed by atoms with van der Waals surface area (Å²) in [5.74, 6) is 0.114. The van der Waals surface area contributed by atoms with Gasteiger partial charge in [0, 0.05) is 29.7 Å². The second-order valence-corrected chi connectivity index (χ2v) is 6.04. The molecule has 1 heterocycles. The van der Waals surface area contributed by atoms with Gasteiger partial charge in [0.25, 0.3) is 0 Å². The molecule has 4 N–H and O–H groups in total. The fraction of sp³-hybridized carbons (Fsp3) is 0.533. The van der Waals surface area contributed by atoms with Crippen molar-refractivity contribution in [2.75, 3.05) is 13.1 Å². The van der Waals surface area contributed by atoms with Gasteiger partial charge in [-0.25, -0.2) is 0 Å². The Morgan fingerprint density at radius 3 is 2.80 bits per heavy atom. The maximum atomic E-state index is 11.1. The first-order valence-electron chi connectivity index (χ1n) is 7.03. The quantitative estimate of drug-likeness (QED) is 0.892. The molecular weight excluding hydrogens is 274 g/mol. The molecule has 2 unspecified atom stereocenters. The molecule has 1 saturated heterocycles. The van der Waals surface area contributed by atoms with Crippen molar-refractivity contribution < 1.29 is 4.79 Å². The number of hydrogen-bond acceptors (Lipinski definition) is 3. The van der Waals surface area contributed by atoms with Crippen LogP contribution in [0.4, 0.5) is 0 Å². The highest BCUT2D eigenvalue weighted by atomic mass is 35.5. The van der Waals surface area contributed by atoms with Crippen LogP contribution in [0.5, 0.6) is 0 Å². The molecule has 1 fully saturated rings. The van der Waals surface area contributed by atoms with E-state index in [0.717, 1.165) is 25.2 Å². The average molecular weight is 296 g/mol. The standard InChI is InChI=1S/C15H22ClN3O/c1-10-2-3-11(7-17)8-19(10)9-13-5-4-12(15(18)20)6-14(13)16/h4-6,10-11H,2-3,7-9,17H2,1H3,(H2,18,20). The molecule has 0 radical (unpaired) electrons. The third kappa shape index (κ3) is 3.51. The molecule has 0 aliphatic carbocycles. The summed E-state index contributed by atoms with van der Waals surface area (Å²) in [6, 6.07) is 5.80. The minimum atomic E-state index is -0.451. The minimum absolute atomic E-state index is 0.449. The first-order valence-corrected chi connectivity index (χ1v) is 7.41. The Labute approximate surface area is 125 Å². The number of hydrogen-bond donors (Lipinski definition) is 2. The summed E-state index contributed by atoms with van der Waals surface area (Å²) in [6.07, 6.45) is 2.36. The molecule has 5 heteroatoms. The van der Waals surface area contributed by atoms with Crippen molar-refractivity contribution in [2.45, 2.75) is 32.4 Å². The Kier molecular flexibility index (Phi) is 5.02. The lowest BCUT2D eigenvalue weighted by Gasteiger charge is -2.37. The predicted octanol–water partition coefficient (Wildman–Crippen LogP) is 2.00. The van der Waals surface area contributed by atoms with Gasteiger partial charge in [-0.05, 0) is 49.9 Å². The number of benzene rings is 1. The number of likely N-dealkylation sites (tertiary alicyclic amines) is 1. The van der Waals surface area contributed by atoms with Crippen LogP contribution in [-0.2, 0) is 6.54 Å². The van der Waals surface area contributed by atoms with E-state index >= 15 is 0 Å². The monoisotopic (exact) mass is 295 g/mol. The lowest BCUT2D eigenvalue weighted by molar-refractivity contribution is 0.1000. The van der Waals surface area contributed by atoms with E-state index in [1.807, 2.05) is 6.07 Å². The fourth-order valence-corrected chi connectivity index (χ4v) is 2.96. The first kappa shape index (κ1) is 15.3. The van der Waals surface area contributed by atoms with Crippen LogP contribution in [0, 0.1) is 5.92 Å². The van der Waals surface area contributed by atoms with Crippen LogP contribution in [0.3, 0.4) is 0 Å². The van der Waals surface area contributed by atoms with Gasteiger partial charge in [-0.3, -0.25) is 9.69 Å². The number of carbonyl (C=O) groups is 1. The van der Waals surface area contributed by atoms with E-state index in [9.17, 15) is 4.79 Å². The Balaban J connectivity index is 2.10. The van der Waals surface area contributed by atoms with Gasteiger partial charge in [-0.2, -0.15) is 0 Å². The first-order chi connectivity index (χ1) is 9.51. The molecule has 1 aliphatic rings. The zero-order valence-corrected chi connectivity index (χ0v) is 12.6. The van der Waals surface area contributed by atoms with Crippen molar-refractivity contribution in [3.8, 4) is 0 Å². The minimum Gasteiger partial charge on any atom is -0.366 e. The molecule has 110 valence electrons. The Bertz CT molecular complexity index is 492. The number of nitrogens with two attached hydrogens (primary N) is 2. The van der Waals surface area contributed by atoms with E-state index in [-0.39, 0.29) is 0 Å². The van der Waals surface area contributed by atoms with Crippen LogP contribution < -0.4 is 11.5 Å². The molecule has 1 amide bonds. The zero-order valence-electron chi connectivity index (χ0n) is 11.8. The van der Waals surface area contributed by atoms with Gasteiger partial charge in [0.05, 0.1) is 0 Å². The Morgan fingerprint density at radius 2 is 2.20 bits per heavy atom. The van der Waals surface area contributed by atoms with Crippen LogP contribution in [0.1, 0.15) is 35.7 Å². The summed E-state index contributed by atoms with van der Waals surface area (Å²) >= 11 is 6.25. The number of halogens is 1. The van der Waals surface area contributed by atoms with E-state index in [0.29, 0.717) is 22.5 Å². The van der Waals surface area contributed by atoms with Crippen LogP contribution in [0.15, 0.2) is 18.2 Å². The third-order valence-corrected chi connectivity index (χ3v) is 4.50. The Hall–Kier alpha value is -1.10. The third-order valence-electron chi connectivity index (χ3n) is 4.15. The van der Waals surface area contributed by atoms with Crippen molar-refractivity contribution in [1.82, 2.24) is 4.90 Å². The number of rotatable bonds is 4. The van der Waals surface area contributed by atoms with Crippen molar-refractivity contribution in [2.24, 2.45) is 17.4 Å². The van der Waals surface area contributed by atoms with Crippen LogP contribution in [-0.4, -0.2) is 29.9 Å². The van der Waals surface area contributed by atoms with Gasteiger partial charge in [0.1, 0.15) is 0 Å². The summed E-state index contributed by atoms with van der Waals surface area (Å²) in [6.45, 7) is 4.76. The predicted molar refractivity (Wildman–Crippen MR) is 81.6 cm³/mol. The molecule has 0 spiro atoms. The maximum Gasteiger partial charge on any atom is 0.248 e. The number of piperidine rings is 1. The van der Waals surface area contributed by atoms with Crippen LogP contribution >= 0.6 is 11.6 Å². The molecule has 0 aromatic heterocycles. The van der Waals surface area contributed by atoms with Crippen molar-refractivity contribution in [3.05, 3.63) is 34.3 Å². The van der Waals surface area contributed by atoms with Crippen molar-refractivity contribution >= 4 is 17.5 Å². The Morgan fingerprint density at radius 1 is 1.45 bits per heavy atom. The molecule has 4 nitrogen and oxygen atoms in total. The van der Waals surface area contributed by atoms with Gasteiger partial charge < -0.3 is 11.5 Å². The summed E-state index contributed by atoms with van der Waals surface area (Å²) in [4.78, 5) is 13.5. The molecule has 1 aromatic carbocycles. The van der Waals surface area contributed by atoms with Gasteiger partial charge in [0.2, 0.25) is 5.91 Å². The van der Waals surface area contributed by atoms with Crippen LogP contribution in [0.25, 0.3) is 0 Å². The van der Waals surface area contributed by atoms with Crippen molar-refractivity contribution in [3.63, 3.8) is 0 Å². The van der Waals surface area contributed by atoms with E-state index in [4.69, 9.17) is 23.1 Å². The van der Waals surface area contributed by atoms with E-state index in [1.165, 1.54) is 12.8 Å². The molecule has 0 saturated carbocycles. The molecule has 1 aliphatic heterocycles. The molecule has 0 bridgehead atoms. The lowest BCUT2D eigenvalue weighted by atomic mass is 9.93. The number of nitrogens with zero attached hydrogens (tertiary/aromatic N) is 1. The van der Waals surface area contributed by atoms with E-state index in [1.54, 1.807) is 12.1 Å². The normalized spacial score (nSPS) is 23.8. The second-order valence-electron chi connectivity index (χ2n) is 5.63. The molecular formula is C15H22ClN3O. The molecule has 20 heavy (non-hydrogen) atoms. The van der Waals surface area contributed by atoms with Gasteiger partial charge >= 0.3 is 0 Å². The van der Waals surface area contributed by atoms with E-state index in [2.05, 4.69) is 11.8 Å². The topological polar surface area (TPSA) is 72.3 Å². The number of primary amides is 1. The largest absolute Gasteiger partial charge is 0.366 e. The summed E-state index contributed by atoms with van der Waals surface area (Å²) in [5.41, 5.74) is 12.5. The SMILES string of the molecule is CC1CCC(CN)CN1Cc1ccc(C(N)=O)cc1Cl. The number of carbonyl (C=O) groups excluding carboxylic acids is 1. The van der Waals surface area contributed by atoms with Gasteiger partial charge in [0.15, 0.2) is 0 Å². The van der Waals surface area contributed by atoms with Crippen LogP contribution in [0.2, 0.25) is 5.02 Å². The maximum absolute atomic E-state index is 11.1. The molecule has 2 rings (SSSR count). The number of amides is 1. The average Bonchev–Trinajstić information content (AvgIpc) is 2.43. The van der Waals surface area contributed by atoms with Gasteiger partial charge in [-0.1, -0.05) is 17.7 Å². The van der Waals surface area contributed by atoms with Gasteiger partial charge in [-0.15, -0.1) is 0 Å². The summed E-state index contributed by atoms with van der Waals surface area (Å²) in [5, 5.41) is 0.600. The molecule has 1 aromatic rings. The highest BCUT2D eigenvalue weighted by Gasteiger charge is 2.25. The summed E-state index contributed by atoms with van der Waals surface area (Å²) in [7, 11) is 0. The highest BCUT2D eigenvalue weighted by Crippen LogP contribution is 2.26. The summed E-state index contributed by atoms with van der Waals surface area (Å²) < 4.78 is 0. The fourth-order valence-electron chi connectivity index (χ4n) is 2.72.